The van der Waals surface area contributed by atoms with E-state index in [9.17, 15) is 0 Å². The zero-order chi connectivity index (χ0) is 16.1. The van der Waals surface area contributed by atoms with E-state index >= 15 is 0 Å². The van der Waals surface area contributed by atoms with Crippen molar-refractivity contribution in [1.29, 1.82) is 0 Å². The highest BCUT2D eigenvalue weighted by molar-refractivity contribution is 9.10. The summed E-state index contributed by atoms with van der Waals surface area (Å²) in [6, 6.07) is 8.30. The third kappa shape index (κ3) is 4.17. The van der Waals surface area contributed by atoms with Crippen molar-refractivity contribution in [2.45, 2.75) is 26.4 Å². The first-order chi connectivity index (χ1) is 11.3. The Kier molecular flexibility index (Phi) is 5.40. The molecule has 0 aliphatic carbocycles. The van der Waals surface area contributed by atoms with Crippen LogP contribution in [0.1, 0.15) is 18.3 Å². The van der Waals surface area contributed by atoms with Crippen LogP contribution in [0.4, 0.5) is 5.13 Å². The molecule has 2 heterocycles. The molecule has 0 amide bonds. The summed E-state index contributed by atoms with van der Waals surface area (Å²) in [6.45, 7) is 4.60. The highest BCUT2D eigenvalue weighted by Crippen LogP contribution is 2.23. The number of hydrogen-bond donors (Lipinski definition) is 0. The minimum atomic E-state index is 0.800. The average molecular weight is 392 g/mol. The summed E-state index contributed by atoms with van der Waals surface area (Å²) in [5.74, 6) is 0.907. The predicted octanol–water partition coefficient (Wildman–Crippen LogP) is 3.77. The van der Waals surface area contributed by atoms with E-state index in [4.69, 9.17) is 0 Å². The lowest BCUT2D eigenvalue weighted by Crippen LogP contribution is -2.27. The number of nitrogens with zero attached hydrogens (tertiary/aromatic N) is 5. The van der Waals surface area contributed by atoms with Crippen molar-refractivity contribution in [2.75, 3.05) is 11.4 Å². The highest BCUT2D eigenvalue weighted by atomic mass is 79.9. The molecular formula is C16H18BrN5S. The summed E-state index contributed by atoms with van der Waals surface area (Å²) in [6.07, 6.45) is 6.49. The first-order valence-electron chi connectivity index (χ1n) is 7.53. The van der Waals surface area contributed by atoms with Crippen LogP contribution in [0.2, 0.25) is 0 Å². The monoisotopic (exact) mass is 391 g/mol. The number of halogens is 1. The quantitative estimate of drug-likeness (QED) is 0.614. The maximum atomic E-state index is 4.65. The first kappa shape index (κ1) is 16.1. The van der Waals surface area contributed by atoms with Crippen molar-refractivity contribution in [3.05, 3.63) is 58.8 Å². The number of aromatic nitrogens is 4. The Bertz CT molecular complexity index is 741. The third-order valence-corrected chi connectivity index (χ3v) is 5.14. The van der Waals surface area contributed by atoms with Crippen molar-refractivity contribution in [3.63, 3.8) is 0 Å². The molecule has 23 heavy (non-hydrogen) atoms. The van der Waals surface area contributed by atoms with Gasteiger partial charge in [-0.05, 0) is 11.6 Å². The van der Waals surface area contributed by atoms with E-state index in [1.807, 2.05) is 18.6 Å². The third-order valence-electron chi connectivity index (χ3n) is 3.55. The van der Waals surface area contributed by atoms with Crippen molar-refractivity contribution in [1.82, 2.24) is 18.9 Å². The number of rotatable bonds is 7. The molecule has 0 bridgehead atoms. The molecule has 0 fully saturated rings. The van der Waals surface area contributed by atoms with Gasteiger partial charge in [0.2, 0.25) is 5.13 Å². The van der Waals surface area contributed by atoms with Crippen LogP contribution in [0.5, 0.6) is 0 Å². The zero-order valence-corrected chi connectivity index (χ0v) is 15.3. The molecule has 0 atom stereocenters. The molecule has 120 valence electrons. The van der Waals surface area contributed by atoms with Gasteiger partial charge in [0, 0.05) is 54.5 Å². The van der Waals surface area contributed by atoms with Crippen molar-refractivity contribution in [2.24, 2.45) is 0 Å². The largest absolute Gasteiger partial charge is 0.341 e. The molecule has 3 aromatic rings. The van der Waals surface area contributed by atoms with E-state index in [2.05, 4.69) is 64.9 Å². The molecule has 0 unspecified atom stereocenters. The Morgan fingerprint density at radius 3 is 2.87 bits per heavy atom. The summed E-state index contributed by atoms with van der Waals surface area (Å²) < 4.78 is 7.62. The van der Waals surface area contributed by atoms with E-state index in [1.165, 1.54) is 17.1 Å². The lowest BCUT2D eigenvalue weighted by Gasteiger charge is -2.22. The van der Waals surface area contributed by atoms with E-state index in [0.29, 0.717) is 0 Å². The van der Waals surface area contributed by atoms with Crippen molar-refractivity contribution < 1.29 is 0 Å². The molecule has 0 saturated heterocycles. The van der Waals surface area contributed by atoms with Crippen LogP contribution < -0.4 is 4.90 Å². The molecule has 0 aliphatic heterocycles. The molecule has 1 aromatic carbocycles. The first-order valence-corrected chi connectivity index (χ1v) is 9.09. The topological polar surface area (TPSA) is 46.8 Å². The number of benzene rings is 1. The Balaban J connectivity index is 1.78. The summed E-state index contributed by atoms with van der Waals surface area (Å²) in [4.78, 5) is 11.0. The van der Waals surface area contributed by atoms with Crippen LogP contribution in [0.15, 0.2) is 47.5 Å². The fourth-order valence-corrected chi connectivity index (χ4v) is 3.43. The minimum Gasteiger partial charge on any atom is -0.341 e. The normalized spacial score (nSPS) is 10.9. The molecule has 0 saturated carbocycles. The van der Waals surface area contributed by atoms with Crippen LogP contribution in [0.25, 0.3) is 0 Å². The van der Waals surface area contributed by atoms with Gasteiger partial charge in [-0.1, -0.05) is 41.1 Å². The Morgan fingerprint density at radius 1 is 1.30 bits per heavy atom. The van der Waals surface area contributed by atoms with E-state index in [-0.39, 0.29) is 0 Å². The molecular weight excluding hydrogens is 374 g/mol. The van der Waals surface area contributed by atoms with Gasteiger partial charge in [0.1, 0.15) is 5.82 Å². The summed E-state index contributed by atoms with van der Waals surface area (Å²) in [5.41, 5.74) is 1.24. The summed E-state index contributed by atoms with van der Waals surface area (Å²) >= 11 is 5.10. The van der Waals surface area contributed by atoms with Gasteiger partial charge in [-0.15, -0.1) is 0 Å². The lowest BCUT2D eigenvalue weighted by atomic mass is 10.2. The van der Waals surface area contributed by atoms with Gasteiger partial charge in [-0.25, -0.2) is 9.97 Å². The second-order valence-electron chi connectivity index (χ2n) is 5.16. The molecule has 5 nitrogen and oxygen atoms in total. The van der Waals surface area contributed by atoms with E-state index in [1.54, 1.807) is 6.20 Å². The minimum absolute atomic E-state index is 0.800. The van der Waals surface area contributed by atoms with Crippen LogP contribution >= 0.6 is 27.5 Å². The molecule has 3 rings (SSSR count). The van der Waals surface area contributed by atoms with E-state index in [0.717, 1.165) is 41.5 Å². The van der Waals surface area contributed by atoms with Crippen LogP contribution in [-0.4, -0.2) is 25.5 Å². The number of anilines is 1. The number of imidazole rings is 1. The SMILES string of the molecule is CCc1nsc(N(CCn2ccnc2)Cc2ccccc2Br)n1. The van der Waals surface area contributed by atoms with Gasteiger partial charge in [0.15, 0.2) is 0 Å². The van der Waals surface area contributed by atoms with Gasteiger partial charge in [-0.3, -0.25) is 0 Å². The lowest BCUT2D eigenvalue weighted by molar-refractivity contribution is 0.651. The standard InChI is InChI=1S/C16H18BrN5S/c1-2-15-19-16(23-20-15)22(10-9-21-8-7-18-12-21)11-13-5-3-4-6-14(13)17/h3-8,12H,2,9-11H2,1H3. The fraction of sp³-hybridized carbons (Fsp3) is 0.312. The smallest absolute Gasteiger partial charge is 0.205 e. The molecule has 0 N–H and O–H groups in total. The second-order valence-corrected chi connectivity index (χ2v) is 6.74. The molecule has 0 spiro atoms. The van der Waals surface area contributed by atoms with Crippen molar-refractivity contribution in [3.8, 4) is 0 Å². The average Bonchev–Trinajstić information content (AvgIpc) is 3.24. The van der Waals surface area contributed by atoms with Crippen LogP contribution in [-0.2, 0) is 19.5 Å². The van der Waals surface area contributed by atoms with Crippen LogP contribution in [0, 0.1) is 0 Å². The van der Waals surface area contributed by atoms with Gasteiger partial charge in [0.05, 0.1) is 6.33 Å². The van der Waals surface area contributed by atoms with Crippen molar-refractivity contribution >= 4 is 32.6 Å². The highest BCUT2D eigenvalue weighted by Gasteiger charge is 2.14. The maximum absolute atomic E-state index is 4.65. The second kappa shape index (κ2) is 7.70. The van der Waals surface area contributed by atoms with Gasteiger partial charge >= 0.3 is 0 Å². The Hall–Kier alpha value is -1.73. The fourth-order valence-electron chi connectivity index (χ4n) is 2.25. The van der Waals surface area contributed by atoms with Crippen LogP contribution in [0.3, 0.4) is 0 Å². The van der Waals surface area contributed by atoms with E-state index < -0.39 is 0 Å². The molecule has 7 heteroatoms. The molecule has 0 radical (unpaired) electrons. The summed E-state index contributed by atoms with van der Waals surface area (Å²) in [7, 11) is 0. The Morgan fingerprint density at radius 2 is 2.17 bits per heavy atom. The molecule has 2 aromatic heterocycles. The zero-order valence-electron chi connectivity index (χ0n) is 12.9. The Labute approximate surface area is 148 Å². The predicted molar refractivity (Wildman–Crippen MR) is 96.7 cm³/mol. The van der Waals surface area contributed by atoms with Gasteiger partial charge < -0.3 is 9.47 Å². The number of hydrogen-bond acceptors (Lipinski definition) is 5. The summed E-state index contributed by atoms with van der Waals surface area (Å²) in [5, 5.41) is 0.970. The maximum Gasteiger partial charge on any atom is 0.205 e. The van der Waals surface area contributed by atoms with Gasteiger partial charge in [0.25, 0.3) is 0 Å². The molecule has 0 aliphatic rings. The number of aryl methyl sites for hydroxylation is 1. The van der Waals surface area contributed by atoms with Gasteiger partial charge in [-0.2, -0.15) is 4.37 Å².